The average Bonchev–Trinajstić information content (AvgIpc) is 1.60. The summed E-state index contributed by atoms with van der Waals surface area (Å²) in [5, 5.41) is 23.1. The van der Waals surface area contributed by atoms with Crippen LogP contribution >= 0.6 is 78.3 Å². The fraction of sp³-hybridized carbons (Fsp3) is 0.526. The van der Waals surface area contributed by atoms with E-state index in [4.69, 9.17) is 70.2 Å². The Morgan fingerprint density at radius 3 is 1.27 bits per heavy atom. The summed E-state index contributed by atoms with van der Waals surface area (Å²) >= 11 is 31.9. The molecule has 3 N–H and O–H groups in total. The van der Waals surface area contributed by atoms with Gasteiger partial charge >= 0.3 is 54.7 Å². The van der Waals surface area contributed by atoms with Crippen LogP contribution in [0.25, 0.3) is 0 Å². The van der Waals surface area contributed by atoms with Crippen molar-refractivity contribution in [3.05, 3.63) is 125 Å². The lowest BCUT2D eigenvalue weighted by Gasteiger charge is -2.33. The van der Waals surface area contributed by atoms with Crippen LogP contribution in [0.1, 0.15) is 70.9 Å². The molecule has 616 valence electrons. The molecule has 4 atom stereocenters. The van der Waals surface area contributed by atoms with Gasteiger partial charge in [-0.1, -0.05) is 116 Å². The van der Waals surface area contributed by atoms with Crippen LogP contribution in [0.4, 0.5) is 25.8 Å². The van der Waals surface area contributed by atoms with E-state index in [9.17, 15) is 63.0 Å². The number of fused-ring (bicyclic) bond motifs is 7. The lowest BCUT2D eigenvalue weighted by molar-refractivity contribution is -0.258. The number of nitrogens with one attached hydrogen (secondary N) is 1. The SMILES string of the molecule is C.CN1CCN(CC(=O)O)CCN(C(=O)O)CCN(CC(=O)NCCCCN2C(=O)N(c3cc(Cl)cc(Cl)c3)C(=O)[C@]2(C)Cc2ccc(Br)cc2)CC1.C[C@]1(Cc2ccc(Br)cc2)C(=O)N(c2cc(Cl)cc(Cl)c2)C(=O)N1CCCCCC(=O)CN1CCN2CCN3CCN(CC1)CC(=O)OC(OC(=O)C2)OC(=O)C3.O=C=O. The normalized spacial score (nSPS) is 22.7. The molecule has 6 saturated heterocycles. The summed E-state index contributed by atoms with van der Waals surface area (Å²) < 4.78 is 17.5. The first-order valence-corrected chi connectivity index (χ1v) is 39.7. The van der Waals surface area contributed by atoms with E-state index < -0.39 is 59.6 Å². The first-order valence-electron chi connectivity index (χ1n) is 36.7. The second-order valence-electron chi connectivity index (χ2n) is 28.4. The summed E-state index contributed by atoms with van der Waals surface area (Å²) in [6, 6.07) is 23.5. The van der Waals surface area contributed by atoms with Gasteiger partial charge in [-0.05, 0) is 118 Å². The second-order valence-corrected chi connectivity index (χ2v) is 32.0. The van der Waals surface area contributed by atoms with Crippen LogP contribution in [0.15, 0.2) is 93.9 Å². The number of unbranched alkanes of at least 4 members (excludes halogenated alkanes) is 3. The summed E-state index contributed by atoms with van der Waals surface area (Å²) in [4.78, 5) is 180. The molecule has 0 aromatic heterocycles. The van der Waals surface area contributed by atoms with Crippen LogP contribution in [0, 0.1) is 0 Å². The van der Waals surface area contributed by atoms with Gasteiger partial charge in [-0.3, -0.25) is 67.8 Å². The van der Waals surface area contributed by atoms with Gasteiger partial charge in [0.25, 0.3) is 11.8 Å². The van der Waals surface area contributed by atoms with Gasteiger partial charge in [-0.15, -0.1) is 0 Å². The number of Topliss-reactive ketones (excluding diaryl/α,β-unsaturated/α-hetero) is 1. The summed E-state index contributed by atoms with van der Waals surface area (Å²) in [5.41, 5.74) is 0.0190. The molecule has 6 heterocycles. The molecule has 4 bridgehead atoms. The molecule has 0 radical (unpaired) electrons. The number of ketones is 1. The van der Waals surface area contributed by atoms with Crippen molar-refractivity contribution in [2.75, 3.05) is 180 Å². The first-order chi connectivity index (χ1) is 53.3. The number of likely N-dealkylation sites (N-methyl/N-ethyl adjacent to an activating group) is 1. The summed E-state index contributed by atoms with van der Waals surface area (Å²) in [5.74, 6) is -3.93. The number of hydrogen-bond donors (Lipinski definition) is 3. The van der Waals surface area contributed by atoms with E-state index >= 15 is 0 Å². The number of hydrogen-bond acceptors (Lipinski definition) is 23. The number of imide groups is 2. The highest BCUT2D eigenvalue weighted by molar-refractivity contribution is 9.10. The maximum absolute atomic E-state index is 14.1. The second kappa shape index (κ2) is 44.4. The Morgan fingerprint density at radius 1 is 0.504 bits per heavy atom. The minimum absolute atomic E-state index is 0. The predicted molar refractivity (Wildman–Crippen MR) is 427 cm³/mol. The molecule has 4 aromatic rings. The molecule has 0 aliphatic carbocycles. The number of amides is 8. The number of aliphatic carboxylic acids is 1. The van der Waals surface area contributed by atoms with E-state index in [0.29, 0.717) is 181 Å². The highest BCUT2D eigenvalue weighted by atomic mass is 79.9. The third kappa shape index (κ3) is 27.7. The maximum atomic E-state index is 14.1. The molecule has 6 aliphatic heterocycles. The Kier molecular flexibility index (Phi) is 36.3. The molecule has 113 heavy (non-hydrogen) atoms. The van der Waals surface area contributed by atoms with Crippen molar-refractivity contribution in [3.63, 3.8) is 0 Å². The maximum Gasteiger partial charge on any atom is 0.412 e. The number of halogens is 6. The zero-order chi connectivity index (χ0) is 81.4. The number of ether oxygens (including phenoxy) is 3. The van der Waals surface area contributed by atoms with Gasteiger partial charge in [0.15, 0.2) is 0 Å². The summed E-state index contributed by atoms with van der Waals surface area (Å²) in [7, 11) is 1.93. The number of carbonyl (C=O) groups is 11. The van der Waals surface area contributed by atoms with Crippen molar-refractivity contribution in [1.29, 1.82) is 0 Å². The molecule has 0 spiro atoms. The van der Waals surface area contributed by atoms with Gasteiger partial charge in [0, 0.05) is 173 Å². The smallest absolute Gasteiger partial charge is 0.412 e. The van der Waals surface area contributed by atoms with Gasteiger partial charge in [0.2, 0.25) is 5.91 Å². The van der Waals surface area contributed by atoms with Crippen molar-refractivity contribution in [2.24, 2.45) is 0 Å². The van der Waals surface area contributed by atoms with E-state index in [1.165, 1.54) is 23.1 Å². The standard InChI is InChI=1S/C39H47BrCl2N6O9.C35H46BrCl2N7O7.CO2.CH4/c1-39(22-27-6-8-28(40)9-7-27)36(53)48(31-20-29(41)19-30(42)21-31)37(54)47(39)10-4-2-3-5-32(49)23-43-11-13-44-15-17-46-18-16-45(14-12-43)25-34(51)56-38(55-33(50)24-44)57-35(52)26-46;1-35(22-25-5-7-26(36)8-6-25)32(49)45(29-20-27(37)19-28(38)21-29)33(50)44(35)10-4-3-9-39-30(46)23-41-13-11-40(2)12-14-42(24-31(47)48)16-18-43(17-15-41)34(51)52;2-1-3;/h6-9,19-21,38H,2-5,10-18,22-26H2,1H3;5-8,19-21H,3-4,9-18,22-24H2,1-2H3,(H,39,46)(H,47,48)(H,51,52);;1H4/t39-;35-;;/m00../s1. The molecule has 10 rings (SSSR count). The van der Waals surface area contributed by atoms with E-state index in [1.54, 1.807) is 46.7 Å². The molecule has 0 saturated carbocycles. The molecule has 6 aliphatic rings. The summed E-state index contributed by atoms with van der Waals surface area (Å²) in [6.45, 7) is 9.58. The van der Waals surface area contributed by atoms with Gasteiger partial charge < -0.3 is 49.3 Å². The monoisotopic (exact) mass is 1780 g/mol. The zero-order valence-electron chi connectivity index (χ0n) is 62.6. The number of carboxylic acids is 1. The summed E-state index contributed by atoms with van der Waals surface area (Å²) in [6.07, 6.45) is 2.93. The molecule has 6 fully saturated rings. The fourth-order valence-corrected chi connectivity index (χ4v) is 15.5. The minimum atomic E-state index is -1.75. The van der Waals surface area contributed by atoms with Crippen LogP contribution in [0.2, 0.25) is 20.1 Å². The van der Waals surface area contributed by atoms with Crippen LogP contribution in [-0.2, 0) is 75.0 Å². The Bertz CT molecular complexity index is 3970. The Hall–Kier alpha value is -7.73. The lowest BCUT2D eigenvalue weighted by atomic mass is 9.90. The molecular weight excluding hydrogens is 1680 g/mol. The van der Waals surface area contributed by atoms with Crippen molar-refractivity contribution in [1.82, 2.24) is 54.3 Å². The number of carbonyl (C=O) groups excluding carboxylic acids is 11. The lowest BCUT2D eigenvalue weighted by Crippen LogP contribution is -2.49. The predicted octanol–water partition coefficient (Wildman–Crippen LogP) is 7.91. The van der Waals surface area contributed by atoms with E-state index in [1.807, 2.05) is 80.1 Å². The molecule has 4 aromatic carbocycles. The van der Waals surface area contributed by atoms with Crippen LogP contribution in [0.3, 0.4) is 0 Å². The number of urea groups is 2. The van der Waals surface area contributed by atoms with E-state index in [-0.39, 0.29) is 102 Å². The number of carboxylic acid groups (broad SMARTS) is 2. The highest BCUT2D eigenvalue weighted by Gasteiger charge is 2.56. The van der Waals surface area contributed by atoms with Gasteiger partial charge in [0.1, 0.15) is 16.9 Å². The molecular formula is C76H97Br2Cl4N13O18. The molecule has 8 amide bonds. The molecule has 31 nitrogen and oxygen atoms in total. The molecule has 37 heteroatoms. The van der Waals surface area contributed by atoms with E-state index in [0.717, 1.165) is 29.9 Å². The number of anilines is 2. The Morgan fingerprint density at radius 2 is 0.867 bits per heavy atom. The first kappa shape index (κ1) is 92.4. The number of rotatable bonds is 23. The quantitative estimate of drug-likeness (QED) is 0.0361. The van der Waals surface area contributed by atoms with Crippen molar-refractivity contribution < 1.29 is 86.8 Å². The zero-order valence-corrected chi connectivity index (χ0v) is 68.8. The van der Waals surface area contributed by atoms with E-state index in [2.05, 4.69) is 42.1 Å². The third-order valence-electron chi connectivity index (χ3n) is 20.0. The Balaban J connectivity index is 0.000000302. The number of benzene rings is 4. The van der Waals surface area contributed by atoms with Gasteiger partial charge in [-0.2, -0.15) is 9.59 Å². The highest BCUT2D eigenvalue weighted by Crippen LogP contribution is 2.40. The minimum Gasteiger partial charge on any atom is -0.480 e. The number of esters is 3. The Labute approximate surface area is 693 Å². The third-order valence-corrected chi connectivity index (χ3v) is 21.9. The average molecular weight is 1780 g/mol. The van der Waals surface area contributed by atoms with Crippen LogP contribution in [-0.4, -0.2) is 319 Å². The topological polar surface area (TPSA) is 341 Å². The molecule has 2 unspecified atom stereocenters. The van der Waals surface area contributed by atoms with Gasteiger partial charge in [-0.25, -0.2) is 24.2 Å². The van der Waals surface area contributed by atoms with Crippen molar-refractivity contribution in [2.45, 2.75) is 90.2 Å². The van der Waals surface area contributed by atoms with Gasteiger partial charge in [0.05, 0.1) is 50.6 Å². The van der Waals surface area contributed by atoms with Crippen molar-refractivity contribution in [3.8, 4) is 0 Å². The fourth-order valence-electron chi connectivity index (χ4n) is 13.9. The van der Waals surface area contributed by atoms with Crippen molar-refractivity contribution >= 4 is 161 Å². The van der Waals surface area contributed by atoms with Crippen LogP contribution in [0.5, 0.6) is 0 Å². The van der Waals surface area contributed by atoms with Crippen LogP contribution < -0.4 is 15.1 Å². The number of nitrogens with zero attached hydrogens (tertiary/aromatic N) is 12. The largest absolute Gasteiger partial charge is 0.480 e.